The average molecular weight is 236 g/mol. The van der Waals surface area contributed by atoms with Crippen LogP contribution in [0.1, 0.15) is 26.2 Å². The number of rotatable bonds is 5. The average Bonchev–Trinajstić information content (AvgIpc) is 3.12. The molecule has 94 valence electrons. The highest BCUT2D eigenvalue weighted by atomic mass is 19.1. The molecule has 2 rings (SSSR count). The van der Waals surface area contributed by atoms with Crippen LogP contribution in [-0.4, -0.2) is 19.1 Å². The van der Waals surface area contributed by atoms with Gasteiger partial charge in [0, 0.05) is 19.1 Å². The van der Waals surface area contributed by atoms with Gasteiger partial charge in [-0.15, -0.1) is 0 Å². The van der Waals surface area contributed by atoms with Crippen LogP contribution in [0.25, 0.3) is 0 Å². The molecule has 3 heteroatoms. The van der Waals surface area contributed by atoms with Gasteiger partial charge in [0.2, 0.25) is 0 Å². The highest BCUT2D eigenvalue weighted by Gasteiger charge is 2.36. The molecule has 0 bridgehead atoms. The van der Waals surface area contributed by atoms with E-state index in [0.717, 1.165) is 12.3 Å². The molecule has 0 saturated heterocycles. The number of hydrogen-bond donors (Lipinski definition) is 1. The van der Waals surface area contributed by atoms with E-state index in [1.54, 1.807) is 6.07 Å². The minimum Gasteiger partial charge on any atom is -0.366 e. The Morgan fingerprint density at radius 1 is 1.41 bits per heavy atom. The van der Waals surface area contributed by atoms with Gasteiger partial charge in [0.05, 0.1) is 5.69 Å². The highest BCUT2D eigenvalue weighted by Crippen LogP contribution is 2.39. The van der Waals surface area contributed by atoms with Crippen molar-refractivity contribution in [2.75, 3.05) is 18.5 Å². The first kappa shape index (κ1) is 12.4. The molecule has 0 aromatic heterocycles. The molecule has 1 fully saturated rings. The molecule has 1 aliphatic carbocycles. The maximum absolute atomic E-state index is 13.8. The fourth-order valence-electron chi connectivity index (χ4n) is 2.32. The zero-order valence-corrected chi connectivity index (χ0v) is 10.6. The molecule has 1 aliphatic rings. The summed E-state index contributed by atoms with van der Waals surface area (Å²) >= 11 is 0. The summed E-state index contributed by atoms with van der Waals surface area (Å²) in [6.45, 7) is 2.67. The molecule has 2 N–H and O–H groups in total. The summed E-state index contributed by atoms with van der Waals surface area (Å²) in [5, 5.41) is 0. The van der Waals surface area contributed by atoms with Gasteiger partial charge in [-0.25, -0.2) is 4.39 Å². The second kappa shape index (κ2) is 4.65. The fourth-order valence-corrected chi connectivity index (χ4v) is 2.32. The Bertz CT molecular complexity index is 390. The van der Waals surface area contributed by atoms with Gasteiger partial charge in [-0.2, -0.15) is 0 Å². The summed E-state index contributed by atoms with van der Waals surface area (Å²) in [7, 11) is 1.94. The normalized spacial score (nSPS) is 18.8. The van der Waals surface area contributed by atoms with Crippen molar-refractivity contribution >= 4 is 5.69 Å². The smallest absolute Gasteiger partial charge is 0.146 e. The Kier molecular flexibility index (Phi) is 3.38. The Morgan fingerprint density at radius 2 is 2.06 bits per heavy atom. The van der Waals surface area contributed by atoms with Crippen molar-refractivity contribution in [3.63, 3.8) is 0 Å². The largest absolute Gasteiger partial charge is 0.366 e. The lowest BCUT2D eigenvalue weighted by molar-refractivity contribution is 0.392. The molecular weight excluding hydrogens is 215 g/mol. The molecule has 1 aromatic carbocycles. The quantitative estimate of drug-likeness (QED) is 0.851. The Hall–Kier alpha value is -1.09. The number of nitrogens with two attached hydrogens (primary N) is 1. The van der Waals surface area contributed by atoms with Gasteiger partial charge in [0.15, 0.2) is 0 Å². The fraction of sp³-hybridized carbons (Fsp3) is 0.571. The van der Waals surface area contributed by atoms with E-state index >= 15 is 0 Å². The third-order valence-electron chi connectivity index (χ3n) is 3.89. The van der Waals surface area contributed by atoms with Crippen LogP contribution in [0.3, 0.4) is 0 Å². The monoisotopic (exact) mass is 236 g/mol. The Labute approximate surface area is 103 Å². The van der Waals surface area contributed by atoms with E-state index in [4.69, 9.17) is 5.73 Å². The summed E-state index contributed by atoms with van der Waals surface area (Å²) in [6, 6.07) is 6.90. The molecule has 0 aliphatic heterocycles. The number of anilines is 1. The number of halogens is 1. The topological polar surface area (TPSA) is 29.3 Å². The van der Waals surface area contributed by atoms with Gasteiger partial charge in [-0.05, 0) is 31.4 Å². The van der Waals surface area contributed by atoms with Gasteiger partial charge in [0.1, 0.15) is 5.82 Å². The number of hydrogen-bond acceptors (Lipinski definition) is 2. The number of likely N-dealkylation sites (N-methyl/N-ethyl adjacent to an activating group) is 1. The first-order valence-electron chi connectivity index (χ1n) is 6.25. The zero-order valence-electron chi connectivity index (χ0n) is 10.6. The van der Waals surface area contributed by atoms with Crippen molar-refractivity contribution in [1.29, 1.82) is 0 Å². The van der Waals surface area contributed by atoms with Crippen molar-refractivity contribution < 1.29 is 4.39 Å². The van der Waals surface area contributed by atoms with Gasteiger partial charge in [-0.3, -0.25) is 0 Å². The maximum Gasteiger partial charge on any atom is 0.146 e. The van der Waals surface area contributed by atoms with Crippen LogP contribution in [0.15, 0.2) is 24.3 Å². The van der Waals surface area contributed by atoms with Crippen LogP contribution < -0.4 is 10.6 Å². The summed E-state index contributed by atoms with van der Waals surface area (Å²) in [5.41, 5.74) is 6.40. The minimum atomic E-state index is -0.175. The Balaban J connectivity index is 2.21. The van der Waals surface area contributed by atoms with E-state index in [1.165, 1.54) is 18.9 Å². The summed E-state index contributed by atoms with van der Waals surface area (Å²) in [4.78, 5) is 2.00. The van der Waals surface area contributed by atoms with E-state index in [9.17, 15) is 4.39 Å². The first-order chi connectivity index (χ1) is 8.07. The molecule has 0 spiro atoms. The molecular formula is C14H21FN2. The molecule has 2 nitrogen and oxygen atoms in total. The first-order valence-corrected chi connectivity index (χ1v) is 6.25. The predicted octanol–water partition coefficient (Wildman–Crippen LogP) is 2.78. The second-order valence-electron chi connectivity index (χ2n) is 5.36. The van der Waals surface area contributed by atoms with E-state index in [2.05, 4.69) is 6.92 Å². The highest BCUT2D eigenvalue weighted by molar-refractivity contribution is 5.49. The second-order valence-corrected chi connectivity index (χ2v) is 5.36. The zero-order chi connectivity index (χ0) is 12.5. The predicted molar refractivity (Wildman–Crippen MR) is 69.6 cm³/mol. The summed E-state index contributed by atoms with van der Waals surface area (Å²) in [6.07, 6.45) is 3.63. The van der Waals surface area contributed by atoms with E-state index in [0.29, 0.717) is 12.2 Å². The van der Waals surface area contributed by atoms with Crippen LogP contribution in [-0.2, 0) is 0 Å². The van der Waals surface area contributed by atoms with Crippen LogP contribution in [0.5, 0.6) is 0 Å². The standard InChI is InChI=1S/C14H21FN2/c1-14(10-16,9-11-7-8-11)17(2)13-6-4-3-5-12(13)15/h3-6,11H,7-10,16H2,1-2H3. The minimum absolute atomic E-state index is 0.149. The molecule has 17 heavy (non-hydrogen) atoms. The molecule has 1 unspecified atom stereocenters. The number of para-hydroxylation sites is 1. The molecule has 0 radical (unpaired) electrons. The third-order valence-corrected chi connectivity index (χ3v) is 3.89. The Morgan fingerprint density at radius 3 is 2.59 bits per heavy atom. The lowest BCUT2D eigenvalue weighted by Gasteiger charge is -2.40. The third kappa shape index (κ3) is 2.60. The van der Waals surface area contributed by atoms with Crippen molar-refractivity contribution in [3.8, 4) is 0 Å². The van der Waals surface area contributed by atoms with E-state index in [1.807, 2.05) is 24.1 Å². The van der Waals surface area contributed by atoms with Crippen molar-refractivity contribution in [3.05, 3.63) is 30.1 Å². The van der Waals surface area contributed by atoms with E-state index in [-0.39, 0.29) is 11.4 Å². The summed E-state index contributed by atoms with van der Waals surface area (Å²) in [5.74, 6) is 0.600. The van der Waals surface area contributed by atoms with Crippen molar-refractivity contribution in [2.24, 2.45) is 11.7 Å². The number of benzene rings is 1. The van der Waals surface area contributed by atoms with Gasteiger partial charge >= 0.3 is 0 Å². The number of nitrogens with zero attached hydrogens (tertiary/aromatic N) is 1. The van der Waals surface area contributed by atoms with Gasteiger partial charge in [-0.1, -0.05) is 25.0 Å². The van der Waals surface area contributed by atoms with Crippen LogP contribution >= 0.6 is 0 Å². The SMILES string of the molecule is CN(c1ccccc1F)C(C)(CN)CC1CC1. The summed E-state index contributed by atoms with van der Waals surface area (Å²) < 4.78 is 13.8. The van der Waals surface area contributed by atoms with Crippen molar-refractivity contribution in [2.45, 2.75) is 31.7 Å². The van der Waals surface area contributed by atoms with Gasteiger partial charge < -0.3 is 10.6 Å². The molecule has 1 atom stereocenters. The van der Waals surface area contributed by atoms with Crippen LogP contribution in [0.4, 0.5) is 10.1 Å². The molecule has 0 heterocycles. The maximum atomic E-state index is 13.8. The lowest BCUT2D eigenvalue weighted by Crippen LogP contribution is -2.50. The van der Waals surface area contributed by atoms with Crippen LogP contribution in [0, 0.1) is 11.7 Å². The van der Waals surface area contributed by atoms with Gasteiger partial charge in [0.25, 0.3) is 0 Å². The molecule has 1 aromatic rings. The lowest BCUT2D eigenvalue weighted by atomic mass is 9.92. The molecule has 1 saturated carbocycles. The van der Waals surface area contributed by atoms with E-state index < -0.39 is 0 Å². The molecule has 0 amide bonds. The van der Waals surface area contributed by atoms with Crippen molar-refractivity contribution in [1.82, 2.24) is 0 Å². The van der Waals surface area contributed by atoms with Crippen LogP contribution in [0.2, 0.25) is 0 Å².